The van der Waals surface area contributed by atoms with E-state index in [0.29, 0.717) is 6.61 Å². The highest BCUT2D eigenvalue weighted by Crippen LogP contribution is 2.36. The van der Waals surface area contributed by atoms with Gasteiger partial charge in [-0.05, 0) is 68.6 Å². The molecule has 0 aliphatic carbocycles. The Labute approximate surface area is 141 Å². The van der Waals surface area contributed by atoms with E-state index in [0.717, 1.165) is 38.4 Å². The SMILES string of the molecule is CCNc1cc(COc2cc(Br)c(OC)cc2Br)ccn1. The number of methoxy groups -OCH3 is 1. The molecule has 0 atom stereocenters. The van der Waals surface area contributed by atoms with Crippen LogP contribution >= 0.6 is 31.9 Å². The molecule has 2 aromatic rings. The number of ether oxygens (including phenoxy) is 2. The average molecular weight is 416 g/mol. The summed E-state index contributed by atoms with van der Waals surface area (Å²) < 4.78 is 12.8. The molecule has 4 nitrogen and oxygen atoms in total. The lowest BCUT2D eigenvalue weighted by atomic mass is 10.2. The van der Waals surface area contributed by atoms with E-state index in [1.165, 1.54) is 0 Å². The number of hydrogen-bond donors (Lipinski definition) is 1. The van der Waals surface area contributed by atoms with Crippen LogP contribution in [0.4, 0.5) is 5.82 Å². The van der Waals surface area contributed by atoms with Gasteiger partial charge in [0.25, 0.3) is 0 Å². The quantitative estimate of drug-likeness (QED) is 0.747. The number of benzene rings is 1. The molecule has 0 unspecified atom stereocenters. The van der Waals surface area contributed by atoms with Crippen molar-refractivity contribution in [2.24, 2.45) is 0 Å². The monoisotopic (exact) mass is 414 g/mol. The highest BCUT2D eigenvalue weighted by Gasteiger charge is 2.08. The van der Waals surface area contributed by atoms with Crippen LogP contribution in [0.1, 0.15) is 12.5 Å². The van der Waals surface area contributed by atoms with E-state index in [4.69, 9.17) is 9.47 Å². The predicted molar refractivity (Wildman–Crippen MR) is 91.1 cm³/mol. The molecule has 1 N–H and O–H groups in total. The minimum Gasteiger partial charge on any atom is -0.496 e. The molecule has 0 spiro atoms. The minimum absolute atomic E-state index is 0.471. The zero-order chi connectivity index (χ0) is 15.2. The number of rotatable bonds is 6. The summed E-state index contributed by atoms with van der Waals surface area (Å²) in [4.78, 5) is 4.24. The molecule has 0 fully saturated rings. The van der Waals surface area contributed by atoms with Gasteiger partial charge in [0.1, 0.15) is 23.9 Å². The van der Waals surface area contributed by atoms with Crippen molar-refractivity contribution in [3.63, 3.8) is 0 Å². The van der Waals surface area contributed by atoms with Crippen molar-refractivity contribution in [1.82, 2.24) is 4.98 Å². The van der Waals surface area contributed by atoms with E-state index < -0.39 is 0 Å². The molecule has 112 valence electrons. The van der Waals surface area contributed by atoms with E-state index in [1.807, 2.05) is 31.2 Å². The Morgan fingerprint density at radius 3 is 2.57 bits per heavy atom. The summed E-state index contributed by atoms with van der Waals surface area (Å²) in [6.07, 6.45) is 1.77. The first-order valence-corrected chi connectivity index (χ1v) is 8.07. The molecule has 1 heterocycles. The van der Waals surface area contributed by atoms with Gasteiger partial charge < -0.3 is 14.8 Å². The third kappa shape index (κ3) is 4.35. The molecule has 0 saturated heterocycles. The number of pyridine rings is 1. The molecular weight excluding hydrogens is 400 g/mol. The molecule has 0 radical (unpaired) electrons. The summed E-state index contributed by atoms with van der Waals surface area (Å²) >= 11 is 6.94. The Morgan fingerprint density at radius 1 is 1.14 bits per heavy atom. The molecule has 1 aromatic carbocycles. The normalized spacial score (nSPS) is 10.3. The summed E-state index contributed by atoms with van der Waals surface area (Å²) in [6.45, 7) is 3.35. The van der Waals surface area contributed by atoms with Crippen LogP contribution in [0.2, 0.25) is 0 Å². The first-order valence-electron chi connectivity index (χ1n) is 6.48. The van der Waals surface area contributed by atoms with Crippen molar-refractivity contribution < 1.29 is 9.47 Å². The third-order valence-electron chi connectivity index (χ3n) is 2.78. The van der Waals surface area contributed by atoms with Gasteiger partial charge >= 0.3 is 0 Å². The Morgan fingerprint density at radius 2 is 1.86 bits per heavy atom. The first kappa shape index (κ1) is 16.1. The van der Waals surface area contributed by atoms with Gasteiger partial charge in [-0.25, -0.2) is 4.98 Å². The Hall–Kier alpha value is -1.27. The fourth-order valence-corrected chi connectivity index (χ4v) is 2.70. The predicted octanol–water partition coefficient (Wildman–Crippen LogP) is 4.63. The van der Waals surface area contributed by atoms with Gasteiger partial charge in [-0.15, -0.1) is 0 Å². The van der Waals surface area contributed by atoms with E-state index >= 15 is 0 Å². The van der Waals surface area contributed by atoms with Gasteiger partial charge in [0.15, 0.2) is 0 Å². The molecule has 0 amide bonds. The van der Waals surface area contributed by atoms with Gasteiger partial charge in [-0.2, -0.15) is 0 Å². The lowest BCUT2D eigenvalue weighted by molar-refractivity contribution is 0.303. The zero-order valence-electron chi connectivity index (χ0n) is 11.8. The first-order chi connectivity index (χ1) is 10.1. The van der Waals surface area contributed by atoms with Gasteiger partial charge in [0.05, 0.1) is 16.1 Å². The Balaban J connectivity index is 2.09. The summed E-state index contributed by atoms with van der Waals surface area (Å²) in [5.41, 5.74) is 1.06. The summed E-state index contributed by atoms with van der Waals surface area (Å²) in [6, 6.07) is 7.68. The molecule has 0 aliphatic rings. The number of hydrogen-bond acceptors (Lipinski definition) is 4. The maximum Gasteiger partial charge on any atom is 0.135 e. The lowest BCUT2D eigenvalue weighted by Gasteiger charge is -2.12. The van der Waals surface area contributed by atoms with Crippen LogP contribution in [0, 0.1) is 0 Å². The Bertz CT molecular complexity index is 621. The van der Waals surface area contributed by atoms with E-state index in [1.54, 1.807) is 13.3 Å². The van der Waals surface area contributed by atoms with Gasteiger partial charge in [0.2, 0.25) is 0 Å². The van der Waals surface area contributed by atoms with E-state index in [9.17, 15) is 0 Å². The van der Waals surface area contributed by atoms with Crippen molar-refractivity contribution >= 4 is 37.7 Å². The smallest absolute Gasteiger partial charge is 0.135 e. The second-order valence-corrected chi connectivity index (χ2v) is 5.99. The van der Waals surface area contributed by atoms with Gasteiger partial charge in [-0.1, -0.05) is 0 Å². The van der Waals surface area contributed by atoms with Crippen molar-refractivity contribution in [3.8, 4) is 11.5 Å². The number of halogens is 2. The lowest BCUT2D eigenvalue weighted by Crippen LogP contribution is -2.02. The van der Waals surface area contributed by atoms with Crippen LogP contribution in [0.15, 0.2) is 39.4 Å². The summed E-state index contributed by atoms with van der Waals surface area (Å²) in [5, 5.41) is 3.18. The standard InChI is InChI=1S/C15H16Br2N2O2/c1-3-18-15-6-10(4-5-19-15)9-21-14-8-11(16)13(20-2)7-12(14)17/h4-8H,3,9H2,1-2H3,(H,18,19). The van der Waals surface area contributed by atoms with Gasteiger partial charge in [-0.3, -0.25) is 0 Å². The van der Waals surface area contributed by atoms with Crippen LogP contribution in [0.5, 0.6) is 11.5 Å². The number of nitrogens with one attached hydrogen (secondary N) is 1. The van der Waals surface area contributed by atoms with Gasteiger partial charge in [0, 0.05) is 12.7 Å². The number of anilines is 1. The molecule has 21 heavy (non-hydrogen) atoms. The average Bonchev–Trinajstić information content (AvgIpc) is 2.48. The maximum absolute atomic E-state index is 5.85. The number of nitrogens with zero attached hydrogens (tertiary/aromatic N) is 1. The summed E-state index contributed by atoms with van der Waals surface area (Å²) in [5.74, 6) is 2.37. The molecular formula is C15H16Br2N2O2. The van der Waals surface area contributed by atoms with Crippen molar-refractivity contribution in [2.75, 3.05) is 19.0 Å². The molecule has 2 rings (SSSR count). The second-order valence-electron chi connectivity index (χ2n) is 4.29. The van der Waals surface area contributed by atoms with E-state index in [2.05, 4.69) is 42.2 Å². The van der Waals surface area contributed by atoms with Crippen molar-refractivity contribution in [3.05, 3.63) is 45.0 Å². The molecule has 1 aromatic heterocycles. The molecule has 0 saturated carbocycles. The maximum atomic E-state index is 5.85. The van der Waals surface area contributed by atoms with Crippen LogP contribution in [-0.4, -0.2) is 18.6 Å². The van der Waals surface area contributed by atoms with Crippen LogP contribution in [-0.2, 0) is 6.61 Å². The highest BCUT2D eigenvalue weighted by molar-refractivity contribution is 9.11. The summed E-state index contributed by atoms with van der Waals surface area (Å²) in [7, 11) is 1.63. The fourth-order valence-electron chi connectivity index (χ4n) is 1.78. The van der Waals surface area contributed by atoms with Crippen LogP contribution < -0.4 is 14.8 Å². The molecule has 0 bridgehead atoms. The van der Waals surface area contributed by atoms with Crippen LogP contribution in [0.3, 0.4) is 0 Å². The fraction of sp³-hybridized carbons (Fsp3) is 0.267. The van der Waals surface area contributed by atoms with Crippen molar-refractivity contribution in [1.29, 1.82) is 0 Å². The second kappa shape index (κ2) is 7.66. The molecule has 0 aliphatic heterocycles. The highest BCUT2D eigenvalue weighted by atomic mass is 79.9. The topological polar surface area (TPSA) is 43.4 Å². The largest absolute Gasteiger partial charge is 0.496 e. The third-order valence-corrected chi connectivity index (χ3v) is 4.02. The minimum atomic E-state index is 0.471. The number of aromatic nitrogens is 1. The van der Waals surface area contributed by atoms with Crippen molar-refractivity contribution in [2.45, 2.75) is 13.5 Å². The molecule has 6 heteroatoms. The Kier molecular flexibility index (Phi) is 5.87. The van der Waals surface area contributed by atoms with Crippen LogP contribution in [0.25, 0.3) is 0 Å². The van der Waals surface area contributed by atoms with E-state index in [-0.39, 0.29) is 0 Å². The zero-order valence-corrected chi connectivity index (χ0v) is 15.0.